The number of alkyl halides is 3. The Balaban J connectivity index is 0.000000286. The lowest BCUT2D eigenvalue weighted by atomic mass is 10.1. The number of pyridine rings is 2. The second-order valence-corrected chi connectivity index (χ2v) is 17.7. The molecule has 1 unspecified atom stereocenters. The Hall–Kier alpha value is -5.62. The molecule has 5 aromatic rings. The number of ether oxygens (including phenoxy) is 4. The van der Waals surface area contributed by atoms with E-state index in [4.69, 9.17) is 53.1 Å². The van der Waals surface area contributed by atoms with Crippen molar-refractivity contribution in [2.75, 3.05) is 17.7 Å². The fourth-order valence-electron chi connectivity index (χ4n) is 5.94. The van der Waals surface area contributed by atoms with Gasteiger partial charge in [0.25, 0.3) is 5.91 Å². The minimum atomic E-state index is -4.57. The molecule has 2 heterocycles. The predicted octanol–water partition coefficient (Wildman–Crippen LogP) is 15.2. The molecule has 0 aliphatic carbocycles. The van der Waals surface area contributed by atoms with E-state index in [1.165, 1.54) is 37.2 Å². The molecule has 1 atom stereocenters. The minimum absolute atomic E-state index is 0.142. The Bertz CT molecular complexity index is 2600. The van der Waals surface area contributed by atoms with Crippen molar-refractivity contribution < 1.29 is 59.7 Å². The topological polar surface area (TPSA) is 176 Å². The summed E-state index contributed by atoms with van der Waals surface area (Å²) < 4.78 is 101. The van der Waals surface area contributed by atoms with Crippen LogP contribution in [0.1, 0.15) is 113 Å². The Labute approximate surface area is 433 Å². The number of carbonyl (C=O) groups excluding carboxylic acids is 3. The van der Waals surface area contributed by atoms with Gasteiger partial charge in [-0.05, 0) is 113 Å². The van der Waals surface area contributed by atoms with Crippen molar-refractivity contribution in [2.24, 2.45) is 0 Å². The maximum absolute atomic E-state index is 13.7. The number of unbranched alkanes of at least 4 members (excludes halogenated alkanes) is 7. The number of nitrogens with two attached hydrogens (primary N) is 1. The standard InChI is InChI=1S/C19H11F5N2O2.C15H17Br2NO2.C15H21Cl2FN2O3/c20-12-6-7-16(15(21)10-12)26-17(27)14-5-2-8-25-18(14)28-13-4-1-3-11(9-13)19(22,23)24;1-2-3-4-5-6-7-14(19)20-15-12(16)8-11(10-18)9-13(15)17;1-3-4-5-6-7-9(2)23-10(21)8-22-15-12(17)13(19)11(16)14(18)20-15/h1-10H,(H,26,27);8-9H,2-7H2,1H3;9H,3-8H2,1-2H3,(H2,19,20). The van der Waals surface area contributed by atoms with Crippen molar-refractivity contribution in [1.82, 2.24) is 9.97 Å². The summed E-state index contributed by atoms with van der Waals surface area (Å²) in [6.07, 6.45) is 7.59. The number of benzene rings is 3. The van der Waals surface area contributed by atoms with E-state index in [2.05, 4.69) is 61.0 Å². The number of hydrogen-bond acceptors (Lipinski definition) is 11. The molecule has 0 aliphatic heterocycles. The van der Waals surface area contributed by atoms with Gasteiger partial charge >= 0.3 is 18.1 Å². The molecule has 0 spiro atoms. The van der Waals surface area contributed by atoms with Gasteiger partial charge < -0.3 is 30.0 Å². The molecule has 0 radical (unpaired) electrons. The van der Waals surface area contributed by atoms with Gasteiger partial charge in [-0.1, -0.05) is 88.1 Å². The molecular formula is C49H49Br2Cl2F6N5O7. The van der Waals surface area contributed by atoms with Crippen LogP contribution in [0.3, 0.4) is 0 Å². The summed E-state index contributed by atoms with van der Waals surface area (Å²) in [5, 5.41) is 10.6. The third-order valence-electron chi connectivity index (χ3n) is 9.56. The Kier molecular flexibility index (Phi) is 25.5. The third kappa shape index (κ3) is 20.6. The first-order valence-corrected chi connectivity index (χ1v) is 24.3. The molecule has 3 aromatic carbocycles. The van der Waals surface area contributed by atoms with E-state index in [1.54, 1.807) is 12.1 Å². The molecule has 71 heavy (non-hydrogen) atoms. The lowest BCUT2D eigenvalue weighted by Gasteiger charge is -2.14. The van der Waals surface area contributed by atoms with Crippen LogP contribution in [0.15, 0.2) is 81.9 Å². The highest BCUT2D eigenvalue weighted by atomic mass is 79.9. The van der Waals surface area contributed by atoms with Gasteiger partial charge in [0, 0.05) is 18.7 Å². The molecule has 0 fully saturated rings. The number of aromatic nitrogens is 2. The molecule has 2 aromatic heterocycles. The van der Waals surface area contributed by atoms with Crippen molar-refractivity contribution in [3.63, 3.8) is 0 Å². The van der Waals surface area contributed by atoms with Crippen molar-refractivity contribution in [1.29, 1.82) is 5.26 Å². The monoisotopic (exact) mass is 1160 g/mol. The summed E-state index contributed by atoms with van der Waals surface area (Å²) in [4.78, 5) is 43.1. The van der Waals surface area contributed by atoms with Crippen LogP contribution in [0.25, 0.3) is 0 Å². The van der Waals surface area contributed by atoms with E-state index in [0.717, 1.165) is 81.7 Å². The lowest BCUT2D eigenvalue weighted by Crippen LogP contribution is -2.21. The van der Waals surface area contributed by atoms with Crippen LogP contribution in [-0.4, -0.2) is 40.5 Å². The van der Waals surface area contributed by atoms with E-state index in [-0.39, 0.29) is 56.6 Å². The number of rotatable bonds is 20. The number of nitrogen functional groups attached to an aromatic ring is 1. The third-order valence-corrected chi connectivity index (χ3v) is 11.5. The normalized spacial score (nSPS) is 11.2. The van der Waals surface area contributed by atoms with Gasteiger partial charge in [0.2, 0.25) is 17.7 Å². The highest BCUT2D eigenvalue weighted by Crippen LogP contribution is 2.37. The van der Waals surface area contributed by atoms with Crippen LogP contribution in [-0.2, 0) is 20.5 Å². The van der Waals surface area contributed by atoms with E-state index < -0.39 is 47.8 Å². The van der Waals surface area contributed by atoms with Crippen molar-refractivity contribution in [2.45, 2.75) is 104 Å². The number of halogens is 10. The average molecular weight is 1160 g/mol. The van der Waals surface area contributed by atoms with Crippen LogP contribution < -0.4 is 25.3 Å². The molecule has 3 N–H and O–H groups in total. The van der Waals surface area contributed by atoms with Crippen molar-refractivity contribution in [3.05, 3.63) is 126 Å². The average Bonchev–Trinajstić information content (AvgIpc) is 3.32. The first kappa shape index (κ1) is 59.7. The molecule has 12 nitrogen and oxygen atoms in total. The zero-order chi connectivity index (χ0) is 52.7. The summed E-state index contributed by atoms with van der Waals surface area (Å²) in [6, 6.07) is 14.6. The zero-order valence-corrected chi connectivity index (χ0v) is 43.2. The summed E-state index contributed by atoms with van der Waals surface area (Å²) in [5.74, 6) is -4.80. The molecule has 0 saturated carbocycles. The van der Waals surface area contributed by atoms with Gasteiger partial charge in [0.05, 0.1) is 43.6 Å². The summed E-state index contributed by atoms with van der Waals surface area (Å²) >= 11 is 18.0. The Morgan fingerprint density at radius 2 is 1.51 bits per heavy atom. The highest BCUT2D eigenvalue weighted by Gasteiger charge is 2.31. The number of esters is 2. The first-order chi connectivity index (χ1) is 33.7. The minimum Gasteiger partial charge on any atom is -0.464 e. The first-order valence-electron chi connectivity index (χ1n) is 22.0. The van der Waals surface area contributed by atoms with E-state index in [0.29, 0.717) is 32.7 Å². The van der Waals surface area contributed by atoms with Crippen LogP contribution in [0.2, 0.25) is 10.0 Å². The second-order valence-electron chi connectivity index (χ2n) is 15.3. The highest BCUT2D eigenvalue weighted by molar-refractivity contribution is 9.11. The number of nitrogens with zero attached hydrogens (tertiary/aromatic N) is 3. The molecule has 1 amide bonds. The number of amides is 1. The lowest BCUT2D eigenvalue weighted by molar-refractivity contribution is -0.151. The molecule has 382 valence electrons. The zero-order valence-electron chi connectivity index (χ0n) is 38.5. The van der Waals surface area contributed by atoms with Gasteiger partial charge in [0.1, 0.15) is 33.0 Å². The molecule has 0 saturated heterocycles. The Morgan fingerprint density at radius 3 is 2.14 bits per heavy atom. The van der Waals surface area contributed by atoms with E-state index >= 15 is 0 Å². The predicted molar refractivity (Wildman–Crippen MR) is 264 cm³/mol. The Morgan fingerprint density at radius 1 is 0.845 bits per heavy atom. The molecule has 5 rings (SSSR count). The molecule has 0 aliphatic rings. The maximum Gasteiger partial charge on any atom is 0.416 e. The van der Waals surface area contributed by atoms with Gasteiger partial charge in [-0.25, -0.2) is 18.6 Å². The van der Waals surface area contributed by atoms with Crippen molar-refractivity contribution >= 4 is 84.3 Å². The molecular weight excluding hydrogens is 1120 g/mol. The number of nitriles is 1. The molecule has 0 bridgehead atoms. The maximum atomic E-state index is 13.7. The second kappa shape index (κ2) is 30.3. The van der Waals surface area contributed by atoms with Gasteiger partial charge in [-0.15, -0.1) is 0 Å². The summed E-state index contributed by atoms with van der Waals surface area (Å²) in [5.41, 5.74) is 4.47. The van der Waals surface area contributed by atoms with Gasteiger partial charge in [-0.2, -0.15) is 27.8 Å². The van der Waals surface area contributed by atoms with Gasteiger partial charge in [0.15, 0.2) is 12.4 Å². The molecule has 22 heteroatoms. The van der Waals surface area contributed by atoms with Crippen LogP contribution in [0.4, 0.5) is 37.7 Å². The van der Waals surface area contributed by atoms with Crippen LogP contribution >= 0.6 is 55.1 Å². The smallest absolute Gasteiger partial charge is 0.416 e. The number of anilines is 2. The fraction of sp³-hybridized carbons (Fsp3) is 0.347. The largest absolute Gasteiger partial charge is 0.464 e. The van der Waals surface area contributed by atoms with E-state index in [1.807, 2.05) is 13.0 Å². The summed E-state index contributed by atoms with van der Waals surface area (Å²) in [6.45, 7) is 5.67. The van der Waals surface area contributed by atoms with Crippen molar-refractivity contribution in [3.8, 4) is 29.3 Å². The summed E-state index contributed by atoms with van der Waals surface area (Å²) in [7, 11) is 0. The number of hydrogen-bond donors (Lipinski definition) is 2. The van der Waals surface area contributed by atoms with Gasteiger partial charge in [-0.3, -0.25) is 9.59 Å². The number of nitrogens with one attached hydrogen (secondary N) is 1. The number of carbonyl (C=O) groups is 3. The van der Waals surface area contributed by atoms with Crippen LogP contribution in [0, 0.1) is 28.9 Å². The van der Waals surface area contributed by atoms with Crippen LogP contribution in [0.5, 0.6) is 23.3 Å². The fourth-order valence-corrected chi connectivity index (χ4v) is 7.67. The quantitative estimate of drug-likeness (QED) is 0.0249. The van der Waals surface area contributed by atoms with E-state index in [9.17, 15) is 40.7 Å². The SMILES string of the molecule is CCCCCCC(C)OC(=O)COc1nc(F)c(Cl)c(N)c1Cl.CCCCCCCC(=O)Oc1c(Br)cc(C#N)cc1Br.O=C(Nc1ccc(F)cc1F)c1cccnc1Oc1cccc(C(F)(F)F)c1.